The number of rotatable bonds is 2. The number of hydrogen-bond acceptors (Lipinski definition) is 3. The number of carbonyl (C=O) groups is 1. The Labute approximate surface area is 102 Å². The van der Waals surface area contributed by atoms with Crippen LogP contribution in [-0.4, -0.2) is 39.7 Å². The highest BCUT2D eigenvalue weighted by Crippen LogP contribution is 2.21. The Morgan fingerprint density at radius 1 is 1.65 bits per heavy atom. The fraction of sp³-hybridized carbons (Fsp3) is 0.667. The molecule has 2 heterocycles. The van der Waals surface area contributed by atoms with Gasteiger partial charge < -0.3 is 10.6 Å². The third-order valence-electron chi connectivity index (χ3n) is 3.72. The third kappa shape index (κ3) is 2.20. The van der Waals surface area contributed by atoms with Crippen molar-refractivity contribution in [2.75, 3.05) is 13.1 Å². The van der Waals surface area contributed by atoms with Gasteiger partial charge in [-0.3, -0.25) is 9.48 Å². The summed E-state index contributed by atoms with van der Waals surface area (Å²) in [6.07, 6.45) is 2.65. The van der Waals surface area contributed by atoms with Crippen LogP contribution >= 0.6 is 0 Å². The first kappa shape index (κ1) is 12.1. The van der Waals surface area contributed by atoms with Crippen LogP contribution in [0.15, 0.2) is 6.20 Å². The van der Waals surface area contributed by atoms with E-state index in [4.69, 9.17) is 5.73 Å². The molecular formula is C12H20N4O. The van der Waals surface area contributed by atoms with Crippen molar-refractivity contribution in [2.45, 2.75) is 26.3 Å². The summed E-state index contributed by atoms with van der Waals surface area (Å²) >= 11 is 0. The van der Waals surface area contributed by atoms with E-state index in [0.717, 1.165) is 25.2 Å². The lowest BCUT2D eigenvalue weighted by molar-refractivity contribution is 0.0785. The lowest BCUT2D eigenvalue weighted by atomic mass is 10.0. The molecule has 1 aromatic heterocycles. The monoisotopic (exact) mass is 236 g/mol. The summed E-state index contributed by atoms with van der Waals surface area (Å²) in [6, 6.07) is 0.155. The quantitative estimate of drug-likeness (QED) is 0.815. The standard InChI is InChI=1S/C12H20N4O/c1-8(13)10-4-5-16(7-10)12(17)11-6-14-15(3)9(11)2/h6,8,10H,4-5,7,13H2,1-3H3. The predicted molar refractivity (Wildman–Crippen MR) is 65.6 cm³/mol. The first-order chi connectivity index (χ1) is 8.00. The van der Waals surface area contributed by atoms with Gasteiger partial charge >= 0.3 is 0 Å². The van der Waals surface area contributed by atoms with Crippen LogP contribution in [0.2, 0.25) is 0 Å². The van der Waals surface area contributed by atoms with Gasteiger partial charge in [-0.05, 0) is 26.2 Å². The van der Waals surface area contributed by atoms with E-state index in [-0.39, 0.29) is 11.9 Å². The van der Waals surface area contributed by atoms with E-state index < -0.39 is 0 Å². The van der Waals surface area contributed by atoms with Gasteiger partial charge in [0.15, 0.2) is 0 Å². The van der Waals surface area contributed by atoms with Crippen molar-refractivity contribution in [1.82, 2.24) is 14.7 Å². The van der Waals surface area contributed by atoms with E-state index in [9.17, 15) is 4.79 Å². The molecule has 1 aromatic rings. The zero-order chi connectivity index (χ0) is 12.6. The van der Waals surface area contributed by atoms with Gasteiger partial charge in [-0.1, -0.05) is 0 Å². The fourth-order valence-corrected chi connectivity index (χ4v) is 2.28. The SMILES string of the molecule is Cc1c(C(=O)N2CCC(C(C)N)C2)cnn1C. The first-order valence-corrected chi connectivity index (χ1v) is 6.04. The molecule has 0 aliphatic carbocycles. The maximum atomic E-state index is 12.3. The summed E-state index contributed by atoms with van der Waals surface area (Å²) in [5.41, 5.74) is 7.50. The van der Waals surface area contributed by atoms with Crippen LogP contribution in [0, 0.1) is 12.8 Å². The van der Waals surface area contributed by atoms with E-state index in [1.807, 2.05) is 25.8 Å². The summed E-state index contributed by atoms with van der Waals surface area (Å²) in [4.78, 5) is 14.2. The molecule has 1 aliphatic rings. The maximum absolute atomic E-state index is 12.3. The number of nitrogens with zero attached hydrogens (tertiary/aromatic N) is 3. The molecule has 1 saturated heterocycles. The molecule has 5 heteroatoms. The second kappa shape index (κ2) is 4.49. The molecule has 1 aliphatic heterocycles. The lowest BCUT2D eigenvalue weighted by Gasteiger charge is -2.17. The molecule has 0 aromatic carbocycles. The summed E-state index contributed by atoms with van der Waals surface area (Å²) < 4.78 is 1.73. The van der Waals surface area contributed by atoms with Crippen LogP contribution < -0.4 is 5.73 Å². The Hall–Kier alpha value is -1.36. The van der Waals surface area contributed by atoms with Gasteiger partial charge in [0.2, 0.25) is 0 Å². The number of aryl methyl sites for hydroxylation is 1. The molecule has 1 fully saturated rings. The molecule has 0 spiro atoms. The van der Waals surface area contributed by atoms with Crippen molar-refractivity contribution in [1.29, 1.82) is 0 Å². The highest BCUT2D eigenvalue weighted by molar-refractivity contribution is 5.95. The Balaban J connectivity index is 2.10. The molecule has 94 valence electrons. The molecule has 0 bridgehead atoms. The molecule has 2 rings (SSSR count). The number of nitrogens with two attached hydrogens (primary N) is 1. The average Bonchev–Trinajstić information content (AvgIpc) is 2.87. The normalized spacial score (nSPS) is 21.9. The Kier molecular flexibility index (Phi) is 3.19. The lowest BCUT2D eigenvalue weighted by Crippen LogP contribution is -2.33. The Morgan fingerprint density at radius 2 is 2.35 bits per heavy atom. The molecule has 2 unspecified atom stereocenters. The predicted octanol–water partition coefficient (Wildman–Crippen LogP) is 0.538. The van der Waals surface area contributed by atoms with Crippen LogP contribution in [0.25, 0.3) is 0 Å². The zero-order valence-electron chi connectivity index (χ0n) is 10.7. The van der Waals surface area contributed by atoms with Gasteiger partial charge in [0.25, 0.3) is 5.91 Å². The van der Waals surface area contributed by atoms with Crippen molar-refractivity contribution >= 4 is 5.91 Å². The highest BCUT2D eigenvalue weighted by Gasteiger charge is 2.30. The second-order valence-corrected chi connectivity index (χ2v) is 4.93. The molecule has 1 amide bonds. The topological polar surface area (TPSA) is 64.2 Å². The molecule has 0 saturated carbocycles. The zero-order valence-corrected chi connectivity index (χ0v) is 10.7. The van der Waals surface area contributed by atoms with Crippen molar-refractivity contribution in [2.24, 2.45) is 18.7 Å². The van der Waals surface area contributed by atoms with Crippen LogP contribution in [0.4, 0.5) is 0 Å². The third-order valence-corrected chi connectivity index (χ3v) is 3.72. The maximum Gasteiger partial charge on any atom is 0.257 e. The Bertz CT molecular complexity index is 424. The molecule has 2 N–H and O–H groups in total. The van der Waals surface area contributed by atoms with Crippen LogP contribution in [0.3, 0.4) is 0 Å². The highest BCUT2D eigenvalue weighted by atomic mass is 16.2. The summed E-state index contributed by atoms with van der Waals surface area (Å²) in [6.45, 7) is 5.50. The van der Waals surface area contributed by atoms with Crippen LogP contribution in [0.1, 0.15) is 29.4 Å². The van der Waals surface area contributed by atoms with Gasteiger partial charge in [0.05, 0.1) is 11.8 Å². The van der Waals surface area contributed by atoms with E-state index >= 15 is 0 Å². The molecular weight excluding hydrogens is 216 g/mol. The van der Waals surface area contributed by atoms with E-state index in [1.54, 1.807) is 10.9 Å². The van der Waals surface area contributed by atoms with Gasteiger partial charge in [0, 0.05) is 31.9 Å². The molecule has 2 atom stereocenters. The molecule has 0 radical (unpaired) electrons. The number of likely N-dealkylation sites (tertiary alicyclic amines) is 1. The minimum Gasteiger partial charge on any atom is -0.338 e. The van der Waals surface area contributed by atoms with Gasteiger partial charge in [-0.25, -0.2) is 0 Å². The molecule has 17 heavy (non-hydrogen) atoms. The van der Waals surface area contributed by atoms with E-state index in [1.165, 1.54) is 0 Å². The van der Waals surface area contributed by atoms with Gasteiger partial charge in [-0.15, -0.1) is 0 Å². The van der Waals surface area contributed by atoms with Crippen molar-refractivity contribution in [3.63, 3.8) is 0 Å². The fourth-order valence-electron chi connectivity index (χ4n) is 2.28. The van der Waals surface area contributed by atoms with Crippen molar-refractivity contribution < 1.29 is 4.79 Å². The largest absolute Gasteiger partial charge is 0.338 e. The van der Waals surface area contributed by atoms with Gasteiger partial charge in [-0.2, -0.15) is 5.10 Å². The number of hydrogen-bond donors (Lipinski definition) is 1. The van der Waals surface area contributed by atoms with Crippen molar-refractivity contribution in [3.05, 3.63) is 17.5 Å². The number of aromatic nitrogens is 2. The van der Waals surface area contributed by atoms with Crippen LogP contribution in [0.5, 0.6) is 0 Å². The van der Waals surface area contributed by atoms with Crippen LogP contribution in [-0.2, 0) is 7.05 Å². The minimum absolute atomic E-state index is 0.0822. The van der Waals surface area contributed by atoms with Crippen molar-refractivity contribution in [3.8, 4) is 0 Å². The second-order valence-electron chi connectivity index (χ2n) is 4.93. The minimum atomic E-state index is 0.0822. The molecule has 5 nitrogen and oxygen atoms in total. The Morgan fingerprint density at radius 3 is 2.82 bits per heavy atom. The van der Waals surface area contributed by atoms with E-state index in [0.29, 0.717) is 11.5 Å². The summed E-state index contributed by atoms with van der Waals surface area (Å²) in [5.74, 6) is 0.509. The van der Waals surface area contributed by atoms with E-state index in [2.05, 4.69) is 5.10 Å². The average molecular weight is 236 g/mol. The first-order valence-electron chi connectivity index (χ1n) is 6.04. The van der Waals surface area contributed by atoms with Gasteiger partial charge in [0.1, 0.15) is 0 Å². The smallest absolute Gasteiger partial charge is 0.257 e. The summed E-state index contributed by atoms with van der Waals surface area (Å²) in [5, 5.41) is 4.11. The summed E-state index contributed by atoms with van der Waals surface area (Å²) in [7, 11) is 1.85. The number of carbonyl (C=O) groups excluding carboxylic acids is 1. The number of amides is 1.